The molecule has 1 aliphatic carbocycles. The number of likely N-dealkylation sites (N-methyl/N-ethyl adjacent to an activating group) is 1. The molecular weight excluding hydrogens is 358 g/mol. The summed E-state index contributed by atoms with van der Waals surface area (Å²) in [7, 11) is 2.11. The number of hydrogen-bond donors (Lipinski definition) is 0. The third kappa shape index (κ3) is 4.21. The van der Waals surface area contributed by atoms with Crippen LogP contribution in [0.4, 0.5) is 0 Å². The summed E-state index contributed by atoms with van der Waals surface area (Å²) in [5, 5.41) is 0. The van der Waals surface area contributed by atoms with Crippen LogP contribution in [0.2, 0.25) is 0 Å². The molecule has 148 valence electrons. The van der Waals surface area contributed by atoms with Crippen molar-refractivity contribution in [1.82, 2.24) is 14.7 Å². The van der Waals surface area contributed by atoms with Crippen molar-refractivity contribution in [2.75, 3.05) is 46.3 Å². The molecule has 1 aromatic heterocycles. The summed E-state index contributed by atoms with van der Waals surface area (Å²) < 4.78 is 0. The first kappa shape index (κ1) is 18.9. The number of piperazine rings is 1. The second-order valence-electron chi connectivity index (χ2n) is 8.33. The van der Waals surface area contributed by atoms with Crippen molar-refractivity contribution < 1.29 is 9.59 Å². The maximum Gasteiger partial charge on any atom is 0.263 e. The van der Waals surface area contributed by atoms with Gasteiger partial charge in [-0.1, -0.05) is 12.8 Å². The van der Waals surface area contributed by atoms with E-state index < -0.39 is 0 Å². The van der Waals surface area contributed by atoms with E-state index in [1.54, 1.807) is 11.3 Å². The van der Waals surface area contributed by atoms with E-state index in [1.807, 2.05) is 9.80 Å². The van der Waals surface area contributed by atoms with Crippen LogP contribution in [0, 0.1) is 5.92 Å². The fourth-order valence-electron chi connectivity index (χ4n) is 4.55. The first-order valence-electron chi connectivity index (χ1n) is 10.5. The smallest absolute Gasteiger partial charge is 0.263 e. The van der Waals surface area contributed by atoms with Gasteiger partial charge in [-0.3, -0.25) is 9.59 Å². The van der Waals surface area contributed by atoms with Crippen LogP contribution in [0.5, 0.6) is 0 Å². The van der Waals surface area contributed by atoms with Gasteiger partial charge in [-0.25, -0.2) is 0 Å². The van der Waals surface area contributed by atoms with E-state index in [4.69, 9.17) is 0 Å². The summed E-state index contributed by atoms with van der Waals surface area (Å²) in [5.74, 6) is 0.621. The van der Waals surface area contributed by atoms with Crippen molar-refractivity contribution in [2.24, 2.45) is 5.92 Å². The number of amides is 2. The third-order valence-corrected chi connectivity index (χ3v) is 7.58. The van der Waals surface area contributed by atoms with Crippen molar-refractivity contribution in [3.8, 4) is 0 Å². The molecular formula is C21H31N3O2S. The number of fused-ring (bicyclic) bond motifs is 1. The summed E-state index contributed by atoms with van der Waals surface area (Å²) in [6, 6.07) is 2.09. The van der Waals surface area contributed by atoms with E-state index in [0.717, 1.165) is 76.2 Å². The van der Waals surface area contributed by atoms with Gasteiger partial charge >= 0.3 is 0 Å². The molecule has 3 aliphatic rings. The minimum atomic E-state index is 0.0941. The average Bonchev–Trinajstić information content (AvgIpc) is 2.92. The summed E-state index contributed by atoms with van der Waals surface area (Å²) in [5.41, 5.74) is 1.25. The van der Waals surface area contributed by atoms with Gasteiger partial charge in [0.05, 0.1) is 4.88 Å². The normalized spacial score (nSPS) is 24.4. The molecule has 1 aromatic rings. The fraction of sp³-hybridized carbons (Fsp3) is 0.714. The second-order valence-corrected chi connectivity index (χ2v) is 9.47. The monoisotopic (exact) mass is 389 g/mol. The van der Waals surface area contributed by atoms with Crippen molar-refractivity contribution in [1.29, 1.82) is 0 Å². The Labute approximate surface area is 166 Å². The highest BCUT2D eigenvalue weighted by atomic mass is 32.1. The van der Waals surface area contributed by atoms with Crippen LogP contribution in [-0.2, 0) is 17.6 Å². The maximum atomic E-state index is 12.9. The van der Waals surface area contributed by atoms with Gasteiger partial charge < -0.3 is 14.7 Å². The molecule has 3 heterocycles. The lowest BCUT2D eigenvalue weighted by Crippen LogP contribution is -2.49. The Morgan fingerprint density at radius 2 is 1.67 bits per heavy atom. The van der Waals surface area contributed by atoms with Crippen LogP contribution in [-0.4, -0.2) is 72.8 Å². The lowest BCUT2D eigenvalue weighted by atomic mass is 9.87. The Morgan fingerprint density at radius 3 is 2.37 bits per heavy atom. The third-order valence-electron chi connectivity index (χ3n) is 6.35. The molecule has 2 fully saturated rings. The molecule has 2 amide bonds. The van der Waals surface area contributed by atoms with Crippen molar-refractivity contribution in [2.45, 2.75) is 44.9 Å². The molecule has 2 saturated heterocycles. The summed E-state index contributed by atoms with van der Waals surface area (Å²) in [6.07, 6.45) is 7.40. The zero-order valence-corrected chi connectivity index (χ0v) is 17.2. The highest BCUT2D eigenvalue weighted by Gasteiger charge is 2.32. The lowest BCUT2D eigenvalue weighted by Gasteiger charge is -2.35. The number of carbonyl (C=O) groups excluding carboxylic acids is 2. The minimum absolute atomic E-state index is 0.0941. The molecule has 0 unspecified atom stereocenters. The quantitative estimate of drug-likeness (QED) is 0.781. The average molecular weight is 390 g/mol. The number of aryl methyl sites for hydroxylation is 1. The Hall–Kier alpha value is -1.40. The predicted octanol–water partition coefficient (Wildman–Crippen LogP) is 2.64. The highest BCUT2D eigenvalue weighted by Crippen LogP contribution is 2.34. The van der Waals surface area contributed by atoms with Crippen LogP contribution in [0.15, 0.2) is 6.07 Å². The Kier molecular flexibility index (Phi) is 5.83. The van der Waals surface area contributed by atoms with Crippen molar-refractivity contribution in [3.63, 3.8) is 0 Å². The predicted molar refractivity (Wildman–Crippen MR) is 108 cm³/mol. The lowest BCUT2D eigenvalue weighted by molar-refractivity contribution is -0.137. The van der Waals surface area contributed by atoms with E-state index >= 15 is 0 Å². The number of carbonyl (C=O) groups is 2. The molecule has 0 N–H and O–H groups in total. The number of nitrogens with zero attached hydrogens (tertiary/aromatic N) is 3. The van der Waals surface area contributed by atoms with E-state index in [-0.39, 0.29) is 11.8 Å². The van der Waals surface area contributed by atoms with E-state index in [9.17, 15) is 9.59 Å². The largest absolute Gasteiger partial charge is 0.340 e. The molecule has 1 atom stereocenters. The van der Waals surface area contributed by atoms with Crippen LogP contribution < -0.4 is 0 Å². The summed E-state index contributed by atoms with van der Waals surface area (Å²) in [4.78, 5) is 34.4. The number of rotatable bonds is 2. The Morgan fingerprint density at radius 1 is 0.963 bits per heavy atom. The molecule has 5 nitrogen and oxygen atoms in total. The van der Waals surface area contributed by atoms with Gasteiger partial charge in [0.1, 0.15) is 0 Å². The highest BCUT2D eigenvalue weighted by molar-refractivity contribution is 7.14. The van der Waals surface area contributed by atoms with Gasteiger partial charge in [-0.05, 0) is 50.8 Å². The van der Waals surface area contributed by atoms with Crippen LogP contribution in [0.3, 0.4) is 0 Å². The van der Waals surface area contributed by atoms with Crippen LogP contribution >= 0.6 is 11.3 Å². The topological polar surface area (TPSA) is 43.9 Å². The van der Waals surface area contributed by atoms with Crippen molar-refractivity contribution in [3.05, 3.63) is 21.4 Å². The molecule has 0 saturated carbocycles. The zero-order valence-electron chi connectivity index (χ0n) is 16.4. The van der Waals surface area contributed by atoms with Crippen LogP contribution in [0.1, 0.15) is 52.2 Å². The number of likely N-dealkylation sites (tertiary alicyclic amines) is 1. The summed E-state index contributed by atoms with van der Waals surface area (Å²) in [6.45, 7) is 5.42. The number of hydrogen-bond acceptors (Lipinski definition) is 4. The van der Waals surface area contributed by atoms with E-state index in [2.05, 4.69) is 18.0 Å². The minimum Gasteiger partial charge on any atom is -0.340 e. The van der Waals surface area contributed by atoms with Gasteiger partial charge in [-0.2, -0.15) is 0 Å². The molecule has 0 radical (unpaired) electrons. The van der Waals surface area contributed by atoms with E-state index in [1.165, 1.54) is 23.3 Å². The first-order valence-corrected chi connectivity index (χ1v) is 11.3. The molecule has 6 heteroatoms. The first-order chi connectivity index (χ1) is 13.1. The zero-order chi connectivity index (χ0) is 18.8. The molecule has 4 rings (SSSR count). The Balaban J connectivity index is 1.41. The van der Waals surface area contributed by atoms with Crippen LogP contribution in [0.25, 0.3) is 0 Å². The van der Waals surface area contributed by atoms with Gasteiger partial charge in [0.2, 0.25) is 5.91 Å². The van der Waals surface area contributed by atoms with E-state index in [0.29, 0.717) is 5.91 Å². The van der Waals surface area contributed by atoms with Gasteiger partial charge in [0.25, 0.3) is 5.91 Å². The molecule has 2 aliphatic heterocycles. The second kappa shape index (κ2) is 8.31. The van der Waals surface area contributed by atoms with Gasteiger partial charge in [0, 0.05) is 50.1 Å². The molecule has 0 spiro atoms. The van der Waals surface area contributed by atoms with Gasteiger partial charge in [-0.15, -0.1) is 11.3 Å². The fourth-order valence-corrected chi connectivity index (χ4v) is 5.73. The standard InChI is InChI=1S/C21H31N3O2S/c1-22-10-12-24(13-11-22)20(25)16-6-7-18-17(14-16)15-19(27-18)21(26)23-8-4-2-3-5-9-23/h15-16H,2-14H2,1H3/t16-/m1/s1. The molecule has 0 aromatic carbocycles. The molecule has 27 heavy (non-hydrogen) atoms. The Bertz CT molecular complexity index is 686. The molecule has 0 bridgehead atoms. The van der Waals surface area contributed by atoms with Crippen molar-refractivity contribution >= 4 is 23.2 Å². The number of thiophene rings is 1. The van der Waals surface area contributed by atoms with Gasteiger partial charge in [0.15, 0.2) is 0 Å². The maximum absolute atomic E-state index is 12.9. The summed E-state index contributed by atoms with van der Waals surface area (Å²) >= 11 is 1.67. The SMILES string of the molecule is CN1CCN(C(=O)[C@@H]2CCc3sc(C(=O)N4CCCCCC4)cc3C2)CC1.